The molecule has 0 unspecified atom stereocenters. The molecule has 0 saturated heterocycles. The second-order valence-corrected chi connectivity index (χ2v) is 3.13. The summed E-state index contributed by atoms with van der Waals surface area (Å²) in [6, 6.07) is 1.76. The van der Waals surface area contributed by atoms with Crippen molar-refractivity contribution in [2.45, 2.75) is 6.54 Å². The molecule has 0 aromatic carbocycles. The Labute approximate surface area is 83.0 Å². The summed E-state index contributed by atoms with van der Waals surface area (Å²) in [4.78, 5) is 0. The van der Waals surface area contributed by atoms with E-state index in [2.05, 4.69) is 23.7 Å². The number of hydrogen-bond acceptors (Lipinski definition) is 6. The molecular formula is C6H5ClN4OS. The fourth-order valence-corrected chi connectivity index (χ4v) is 1.47. The number of rotatable bonds is 3. The summed E-state index contributed by atoms with van der Waals surface area (Å²) in [7, 11) is 0. The standard InChI is InChI=1S/C6H5ClN4OS/c7-5-6(11-13-10-5)8-3-4-1-2-12-9-4/h1-2H,3H2,(H,8,11). The molecule has 7 heteroatoms. The summed E-state index contributed by atoms with van der Waals surface area (Å²) in [6.07, 6.45) is 1.51. The predicted molar refractivity (Wildman–Crippen MR) is 48.7 cm³/mol. The van der Waals surface area contributed by atoms with Gasteiger partial charge in [-0.25, -0.2) is 0 Å². The molecule has 0 bridgehead atoms. The first-order valence-electron chi connectivity index (χ1n) is 3.47. The third-order valence-electron chi connectivity index (χ3n) is 1.38. The zero-order chi connectivity index (χ0) is 9.10. The van der Waals surface area contributed by atoms with E-state index >= 15 is 0 Å². The molecule has 0 aliphatic rings. The van der Waals surface area contributed by atoms with Crippen molar-refractivity contribution in [2.75, 3.05) is 5.32 Å². The summed E-state index contributed by atoms with van der Waals surface area (Å²) in [5.41, 5.74) is 0.795. The van der Waals surface area contributed by atoms with E-state index in [1.807, 2.05) is 0 Å². The number of halogens is 1. The van der Waals surface area contributed by atoms with Gasteiger partial charge in [0.05, 0.1) is 18.3 Å². The quantitative estimate of drug-likeness (QED) is 0.848. The first kappa shape index (κ1) is 8.46. The maximum absolute atomic E-state index is 5.71. The van der Waals surface area contributed by atoms with Crippen LogP contribution in [0.4, 0.5) is 5.82 Å². The average Bonchev–Trinajstić information content (AvgIpc) is 2.72. The summed E-state index contributed by atoms with van der Waals surface area (Å²) >= 11 is 6.78. The van der Waals surface area contributed by atoms with Crippen molar-refractivity contribution < 1.29 is 4.52 Å². The number of aromatic nitrogens is 3. The Morgan fingerprint density at radius 2 is 2.46 bits per heavy atom. The number of nitrogens with one attached hydrogen (secondary N) is 1. The minimum atomic E-state index is 0.383. The lowest BCUT2D eigenvalue weighted by Gasteiger charge is -1.97. The first-order chi connectivity index (χ1) is 6.36. The molecule has 5 nitrogen and oxygen atoms in total. The van der Waals surface area contributed by atoms with Crippen LogP contribution in [0.5, 0.6) is 0 Å². The van der Waals surface area contributed by atoms with Crippen LogP contribution < -0.4 is 5.32 Å². The fourth-order valence-electron chi connectivity index (χ4n) is 0.786. The Morgan fingerprint density at radius 1 is 1.54 bits per heavy atom. The van der Waals surface area contributed by atoms with Gasteiger partial charge < -0.3 is 9.84 Å². The van der Waals surface area contributed by atoms with Gasteiger partial charge in [0.15, 0.2) is 11.0 Å². The van der Waals surface area contributed by atoms with Crippen molar-refractivity contribution in [3.8, 4) is 0 Å². The molecule has 68 valence electrons. The van der Waals surface area contributed by atoms with Crippen LogP contribution in [0.1, 0.15) is 5.69 Å². The zero-order valence-corrected chi connectivity index (χ0v) is 7.97. The highest BCUT2D eigenvalue weighted by Crippen LogP contribution is 2.18. The second-order valence-electron chi connectivity index (χ2n) is 2.25. The third kappa shape index (κ3) is 1.96. The van der Waals surface area contributed by atoms with E-state index in [1.165, 1.54) is 6.26 Å². The van der Waals surface area contributed by atoms with Gasteiger partial charge in [-0.2, -0.15) is 8.75 Å². The molecule has 0 fully saturated rings. The van der Waals surface area contributed by atoms with Gasteiger partial charge in [-0.1, -0.05) is 16.8 Å². The topological polar surface area (TPSA) is 63.8 Å². The molecule has 0 aliphatic heterocycles. The maximum atomic E-state index is 5.71. The number of anilines is 1. The minimum Gasteiger partial charge on any atom is -0.364 e. The Kier molecular flexibility index (Phi) is 2.42. The Morgan fingerprint density at radius 3 is 3.08 bits per heavy atom. The van der Waals surface area contributed by atoms with Crippen molar-refractivity contribution in [1.82, 2.24) is 13.9 Å². The predicted octanol–water partition coefficient (Wildman–Crippen LogP) is 1.79. The van der Waals surface area contributed by atoms with Crippen molar-refractivity contribution in [3.63, 3.8) is 0 Å². The molecule has 2 rings (SSSR count). The van der Waals surface area contributed by atoms with Crippen LogP contribution in [0.15, 0.2) is 16.9 Å². The van der Waals surface area contributed by atoms with Crippen LogP contribution >= 0.6 is 23.3 Å². The summed E-state index contributed by atoms with van der Waals surface area (Å²) in [6.45, 7) is 0.529. The molecule has 0 spiro atoms. The van der Waals surface area contributed by atoms with Crippen LogP contribution in [0.25, 0.3) is 0 Å². The lowest BCUT2D eigenvalue weighted by molar-refractivity contribution is 0.412. The normalized spacial score (nSPS) is 10.2. The Balaban J connectivity index is 1.97. The molecule has 0 atom stereocenters. The average molecular weight is 217 g/mol. The number of hydrogen-bond donors (Lipinski definition) is 1. The van der Waals surface area contributed by atoms with Gasteiger partial charge >= 0.3 is 0 Å². The Hall–Kier alpha value is -1.14. The molecule has 0 aliphatic carbocycles. The molecule has 13 heavy (non-hydrogen) atoms. The molecule has 0 saturated carbocycles. The Bertz CT molecular complexity index is 374. The van der Waals surface area contributed by atoms with E-state index in [0.29, 0.717) is 17.5 Å². The van der Waals surface area contributed by atoms with Gasteiger partial charge in [0.25, 0.3) is 0 Å². The molecule has 1 N–H and O–H groups in total. The molecule has 0 amide bonds. The summed E-state index contributed by atoms with van der Waals surface area (Å²) in [5, 5.41) is 7.08. The van der Waals surface area contributed by atoms with E-state index in [1.54, 1.807) is 6.07 Å². The van der Waals surface area contributed by atoms with Gasteiger partial charge in [0.2, 0.25) is 0 Å². The molecule has 0 radical (unpaired) electrons. The van der Waals surface area contributed by atoms with Crippen molar-refractivity contribution in [3.05, 3.63) is 23.2 Å². The van der Waals surface area contributed by atoms with Crippen molar-refractivity contribution in [2.24, 2.45) is 0 Å². The SMILES string of the molecule is Clc1nsnc1NCc1ccon1. The van der Waals surface area contributed by atoms with Gasteiger partial charge in [0, 0.05) is 6.07 Å². The maximum Gasteiger partial charge on any atom is 0.186 e. The summed E-state index contributed by atoms with van der Waals surface area (Å²) < 4.78 is 12.4. The molecule has 2 aromatic heterocycles. The van der Waals surface area contributed by atoms with E-state index in [9.17, 15) is 0 Å². The van der Waals surface area contributed by atoms with Crippen molar-refractivity contribution >= 4 is 29.1 Å². The van der Waals surface area contributed by atoms with E-state index in [0.717, 1.165) is 17.4 Å². The van der Waals surface area contributed by atoms with Crippen LogP contribution in [-0.4, -0.2) is 13.9 Å². The third-order valence-corrected chi connectivity index (χ3v) is 2.27. The molecular weight excluding hydrogens is 212 g/mol. The number of nitrogens with zero attached hydrogens (tertiary/aromatic N) is 3. The van der Waals surface area contributed by atoms with E-state index in [4.69, 9.17) is 11.6 Å². The largest absolute Gasteiger partial charge is 0.364 e. The van der Waals surface area contributed by atoms with Crippen LogP contribution in [0.2, 0.25) is 5.15 Å². The minimum absolute atomic E-state index is 0.383. The smallest absolute Gasteiger partial charge is 0.186 e. The second kappa shape index (κ2) is 3.71. The highest BCUT2D eigenvalue weighted by molar-refractivity contribution is 6.99. The lowest BCUT2D eigenvalue weighted by Crippen LogP contribution is -1.99. The molecule has 2 heterocycles. The van der Waals surface area contributed by atoms with Gasteiger partial charge in [-0.15, -0.1) is 0 Å². The van der Waals surface area contributed by atoms with Crippen LogP contribution in [0, 0.1) is 0 Å². The fraction of sp³-hybridized carbons (Fsp3) is 0.167. The van der Waals surface area contributed by atoms with Crippen LogP contribution in [-0.2, 0) is 6.54 Å². The summed E-state index contributed by atoms with van der Waals surface area (Å²) in [5.74, 6) is 0.578. The zero-order valence-electron chi connectivity index (χ0n) is 6.40. The highest BCUT2D eigenvalue weighted by Gasteiger charge is 2.04. The van der Waals surface area contributed by atoms with Gasteiger partial charge in [-0.3, -0.25) is 0 Å². The van der Waals surface area contributed by atoms with Gasteiger partial charge in [0.1, 0.15) is 12.0 Å². The van der Waals surface area contributed by atoms with Crippen molar-refractivity contribution in [1.29, 1.82) is 0 Å². The first-order valence-corrected chi connectivity index (χ1v) is 4.58. The monoisotopic (exact) mass is 216 g/mol. The van der Waals surface area contributed by atoms with E-state index < -0.39 is 0 Å². The van der Waals surface area contributed by atoms with Crippen LogP contribution in [0.3, 0.4) is 0 Å². The van der Waals surface area contributed by atoms with Gasteiger partial charge in [-0.05, 0) is 0 Å². The lowest BCUT2D eigenvalue weighted by atomic mass is 10.4. The molecule has 2 aromatic rings. The highest BCUT2D eigenvalue weighted by atomic mass is 35.5. The van der Waals surface area contributed by atoms with E-state index in [-0.39, 0.29) is 0 Å².